The number of nitrogens with zero attached hydrogens (tertiary/aromatic N) is 2. The zero-order chi connectivity index (χ0) is 23.6. The molecule has 0 bridgehead atoms. The molecule has 0 saturated carbocycles. The lowest BCUT2D eigenvalue weighted by Crippen LogP contribution is -2.49. The van der Waals surface area contributed by atoms with Crippen LogP contribution in [0.2, 0.25) is 0 Å². The van der Waals surface area contributed by atoms with Gasteiger partial charge in [-0.15, -0.1) is 0 Å². The SMILES string of the molecule is CON=C(C)c1ccc(C#C[C@]2(Cn3cc4ccc(OC)cc4c3O)NC(=O)NC2=O)cc1. The molecular formula is C24H22N4O5. The summed E-state index contributed by atoms with van der Waals surface area (Å²) >= 11 is 0. The average Bonchev–Trinajstić information content (AvgIpc) is 3.27. The number of carbonyl (C=O) groups excluding carboxylic acids is 2. The summed E-state index contributed by atoms with van der Waals surface area (Å²) in [5, 5.41) is 20.8. The van der Waals surface area contributed by atoms with E-state index in [1.54, 1.807) is 36.5 Å². The molecule has 1 fully saturated rings. The third-order valence-corrected chi connectivity index (χ3v) is 5.37. The number of hydrogen-bond donors (Lipinski definition) is 3. The van der Waals surface area contributed by atoms with Crippen LogP contribution >= 0.6 is 0 Å². The Morgan fingerprint density at radius 1 is 1.18 bits per heavy atom. The van der Waals surface area contributed by atoms with Gasteiger partial charge in [-0.2, -0.15) is 0 Å². The summed E-state index contributed by atoms with van der Waals surface area (Å²) in [7, 11) is 3.02. The van der Waals surface area contributed by atoms with Crippen molar-refractivity contribution >= 4 is 28.4 Å². The number of carbonyl (C=O) groups is 2. The summed E-state index contributed by atoms with van der Waals surface area (Å²) in [5.41, 5.74) is 0.662. The lowest BCUT2D eigenvalue weighted by molar-refractivity contribution is -0.122. The molecule has 0 radical (unpaired) electrons. The van der Waals surface area contributed by atoms with Crippen molar-refractivity contribution in [2.45, 2.75) is 19.0 Å². The van der Waals surface area contributed by atoms with E-state index >= 15 is 0 Å². The summed E-state index contributed by atoms with van der Waals surface area (Å²) < 4.78 is 6.70. The molecule has 0 spiro atoms. The summed E-state index contributed by atoms with van der Waals surface area (Å²) in [4.78, 5) is 29.5. The molecule has 0 aliphatic carbocycles. The molecule has 1 saturated heterocycles. The Labute approximate surface area is 190 Å². The van der Waals surface area contributed by atoms with E-state index in [4.69, 9.17) is 9.57 Å². The van der Waals surface area contributed by atoms with Crippen LogP contribution in [-0.4, -0.2) is 47.1 Å². The monoisotopic (exact) mass is 446 g/mol. The van der Waals surface area contributed by atoms with Gasteiger partial charge in [0.25, 0.3) is 5.91 Å². The fourth-order valence-electron chi connectivity index (χ4n) is 3.62. The van der Waals surface area contributed by atoms with Gasteiger partial charge in [-0.05, 0) is 42.8 Å². The highest BCUT2D eigenvalue weighted by molar-refractivity contribution is 6.09. The number of fused-ring (bicyclic) bond motifs is 1. The first-order valence-electron chi connectivity index (χ1n) is 10.1. The number of hydrogen-bond acceptors (Lipinski definition) is 6. The highest BCUT2D eigenvalue weighted by atomic mass is 16.6. The Kier molecular flexibility index (Phi) is 5.67. The standard InChI is InChI=1S/C24H22N4O5/c1-15(27-33-3)17-6-4-16(5-7-17)10-11-24(22(30)25-23(31)26-24)14-28-13-18-8-9-19(32-2)12-20(18)21(28)29/h4-9,12-13,29H,14H2,1-3H3,(H2,25,26,30,31)/t24-/m1/s1. The topological polar surface area (TPSA) is 114 Å². The number of nitrogens with one attached hydrogen (secondary N) is 2. The molecule has 2 aromatic carbocycles. The number of methoxy groups -OCH3 is 1. The second kappa shape index (κ2) is 8.59. The van der Waals surface area contributed by atoms with Crippen molar-refractivity contribution in [3.8, 4) is 23.5 Å². The van der Waals surface area contributed by atoms with E-state index in [0.29, 0.717) is 22.4 Å². The summed E-state index contributed by atoms with van der Waals surface area (Å²) in [6.45, 7) is 1.73. The van der Waals surface area contributed by atoms with E-state index in [0.717, 1.165) is 10.9 Å². The molecule has 3 N–H and O–H groups in total. The number of rotatable bonds is 5. The molecule has 33 heavy (non-hydrogen) atoms. The second-order valence-electron chi connectivity index (χ2n) is 7.53. The van der Waals surface area contributed by atoms with Crippen LogP contribution in [0.4, 0.5) is 4.79 Å². The van der Waals surface area contributed by atoms with Gasteiger partial charge in [0, 0.05) is 22.5 Å². The number of ether oxygens (including phenoxy) is 1. The fourth-order valence-corrected chi connectivity index (χ4v) is 3.62. The Balaban J connectivity index is 1.69. The first-order chi connectivity index (χ1) is 15.8. The van der Waals surface area contributed by atoms with Crippen LogP contribution in [0, 0.1) is 11.8 Å². The maximum atomic E-state index is 12.7. The number of amides is 3. The van der Waals surface area contributed by atoms with E-state index in [-0.39, 0.29) is 12.4 Å². The van der Waals surface area contributed by atoms with Crippen molar-refractivity contribution in [2.75, 3.05) is 14.2 Å². The first-order valence-corrected chi connectivity index (χ1v) is 10.1. The molecule has 9 heteroatoms. The highest BCUT2D eigenvalue weighted by Crippen LogP contribution is 2.32. The summed E-state index contributed by atoms with van der Waals surface area (Å²) in [6.07, 6.45) is 1.69. The van der Waals surface area contributed by atoms with Gasteiger partial charge in [0.2, 0.25) is 5.54 Å². The van der Waals surface area contributed by atoms with Gasteiger partial charge in [0.1, 0.15) is 12.9 Å². The summed E-state index contributed by atoms with van der Waals surface area (Å²) in [6, 6.07) is 11.9. The number of oxime groups is 1. The van der Waals surface area contributed by atoms with Crippen molar-refractivity contribution in [3.05, 3.63) is 59.8 Å². The molecule has 2 heterocycles. The van der Waals surface area contributed by atoms with Gasteiger partial charge in [-0.25, -0.2) is 4.79 Å². The van der Waals surface area contributed by atoms with Gasteiger partial charge in [0.15, 0.2) is 5.88 Å². The second-order valence-corrected chi connectivity index (χ2v) is 7.53. The van der Waals surface area contributed by atoms with Crippen LogP contribution in [0.15, 0.2) is 53.8 Å². The third kappa shape index (κ3) is 4.19. The van der Waals surface area contributed by atoms with Gasteiger partial charge in [-0.1, -0.05) is 29.1 Å². The van der Waals surface area contributed by atoms with Crippen molar-refractivity contribution in [2.24, 2.45) is 5.16 Å². The zero-order valence-corrected chi connectivity index (χ0v) is 18.3. The number of urea groups is 1. The van der Waals surface area contributed by atoms with Crippen LogP contribution < -0.4 is 15.4 Å². The normalized spacial score (nSPS) is 17.8. The van der Waals surface area contributed by atoms with E-state index in [1.807, 2.05) is 19.1 Å². The first kappa shape index (κ1) is 21.8. The summed E-state index contributed by atoms with van der Waals surface area (Å²) in [5.74, 6) is 5.80. The van der Waals surface area contributed by atoms with Crippen LogP contribution in [0.5, 0.6) is 11.6 Å². The van der Waals surface area contributed by atoms with Crippen molar-refractivity contribution in [1.82, 2.24) is 15.2 Å². The van der Waals surface area contributed by atoms with Gasteiger partial charge >= 0.3 is 6.03 Å². The van der Waals surface area contributed by atoms with E-state index in [1.165, 1.54) is 18.8 Å². The molecule has 4 rings (SSSR count). The van der Waals surface area contributed by atoms with Crippen LogP contribution in [0.1, 0.15) is 18.1 Å². The minimum absolute atomic E-state index is 0.0590. The Hall–Kier alpha value is -4.45. The Morgan fingerprint density at radius 3 is 2.58 bits per heavy atom. The fraction of sp³-hybridized carbons (Fsp3) is 0.208. The third-order valence-electron chi connectivity index (χ3n) is 5.37. The quantitative estimate of drug-likeness (QED) is 0.241. The molecule has 1 aliphatic heterocycles. The average molecular weight is 446 g/mol. The maximum absolute atomic E-state index is 12.7. The molecule has 3 amide bonds. The van der Waals surface area contributed by atoms with Crippen LogP contribution in [0.25, 0.3) is 10.8 Å². The smallest absolute Gasteiger partial charge is 0.323 e. The molecular weight excluding hydrogens is 424 g/mol. The van der Waals surface area contributed by atoms with Crippen molar-refractivity contribution in [1.29, 1.82) is 0 Å². The lowest BCUT2D eigenvalue weighted by atomic mass is 9.99. The molecule has 1 aromatic heterocycles. The van der Waals surface area contributed by atoms with Crippen LogP contribution in [0.3, 0.4) is 0 Å². The maximum Gasteiger partial charge on any atom is 0.323 e. The minimum atomic E-state index is -1.56. The van der Waals surface area contributed by atoms with E-state index < -0.39 is 17.5 Å². The Morgan fingerprint density at radius 2 is 1.94 bits per heavy atom. The van der Waals surface area contributed by atoms with Crippen molar-refractivity contribution in [3.63, 3.8) is 0 Å². The zero-order valence-electron chi connectivity index (χ0n) is 18.3. The van der Waals surface area contributed by atoms with Crippen LogP contribution in [-0.2, 0) is 16.2 Å². The van der Waals surface area contributed by atoms with Gasteiger partial charge in [0.05, 0.1) is 19.4 Å². The molecule has 168 valence electrons. The lowest BCUT2D eigenvalue weighted by Gasteiger charge is -2.20. The molecule has 9 nitrogen and oxygen atoms in total. The predicted octanol–water partition coefficient (Wildman–Crippen LogP) is 2.36. The number of benzene rings is 2. The van der Waals surface area contributed by atoms with Gasteiger partial charge < -0.3 is 24.6 Å². The molecule has 3 aromatic rings. The molecule has 1 atom stereocenters. The number of imide groups is 1. The van der Waals surface area contributed by atoms with Crippen molar-refractivity contribution < 1.29 is 24.3 Å². The van der Waals surface area contributed by atoms with E-state index in [9.17, 15) is 14.7 Å². The van der Waals surface area contributed by atoms with E-state index in [2.05, 4.69) is 27.6 Å². The van der Waals surface area contributed by atoms with Gasteiger partial charge in [-0.3, -0.25) is 10.1 Å². The highest BCUT2D eigenvalue weighted by Gasteiger charge is 2.46. The number of aromatic hydroxyl groups is 1. The molecule has 0 unspecified atom stereocenters. The largest absolute Gasteiger partial charge is 0.497 e. The molecule has 1 aliphatic rings. The number of aromatic nitrogens is 1. The predicted molar refractivity (Wildman–Crippen MR) is 122 cm³/mol. The Bertz CT molecular complexity index is 1330. The minimum Gasteiger partial charge on any atom is -0.497 e.